The van der Waals surface area contributed by atoms with Gasteiger partial charge in [-0.3, -0.25) is 4.79 Å². The molecule has 0 unspecified atom stereocenters. The summed E-state index contributed by atoms with van der Waals surface area (Å²) in [6.07, 6.45) is 5.29. The van der Waals surface area contributed by atoms with Crippen LogP contribution in [0.2, 0.25) is 0 Å². The van der Waals surface area contributed by atoms with Crippen molar-refractivity contribution < 1.29 is 4.79 Å². The lowest BCUT2D eigenvalue weighted by Crippen LogP contribution is -2.28. The first-order valence-corrected chi connectivity index (χ1v) is 7.40. The van der Waals surface area contributed by atoms with Crippen LogP contribution < -0.4 is 5.32 Å². The summed E-state index contributed by atoms with van der Waals surface area (Å²) in [5, 5.41) is 3.49. The van der Waals surface area contributed by atoms with E-state index in [1.807, 2.05) is 24.6 Å². The molecule has 0 aliphatic carbocycles. The number of nitrogens with one attached hydrogen (secondary N) is 1. The molecule has 0 fully saturated rings. The van der Waals surface area contributed by atoms with Gasteiger partial charge in [0.25, 0.3) is 5.91 Å². The van der Waals surface area contributed by atoms with Gasteiger partial charge >= 0.3 is 0 Å². The highest BCUT2D eigenvalue weighted by molar-refractivity contribution is 7.99. The summed E-state index contributed by atoms with van der Waals surface area (Å²) in [4.78, 5) is 24.5. The lowest BCUT2D eigenvalue weighted by molar-refractivity contribution is 0.0946. The molecule has 2 aromatic rings. The molecule has 0 aliphatic heterocycles. The zero-order valence-electron chi connectivity index (χ0n) is 11.5. The second-order valence-electron chi connectivity index (χ2n) is 4.17. The Labute approximate surface area is 122 Å². The fourth-order valence-corrected chi connectivity index (χ4v) is 2.29. The maximum absolute atomic E-state index is 12.0. The Hall–Kier alpha value is -1.89. The molecule has 0 aliphatic rings. The van der Waals surface area contributed by atoms with Gasteiger partial charge in [-0.25, -0.2) is 15.0 Å². The second-order valence-corrected chi connectivity index (χ2v) is 5.40. The number of rotatable bonds is 6. The standard InChI is InChI=1S/C13H17N5OS/c1-3-20-13-16-10(2)8-11(17-13)12(19)15-5-7-18-6-4-14-9-18/h4,6,8-9H,3,5,7H2,1-2H3,(H,15,19). The molecule has 1 amide bonds. The lowest BCUT2D eigenvalue weighted by atomic mass is 10.3. The third-order valence-corrected chi connectivity index (χ3v) is 3.28. The van der Waals surface area contributed by atoms with Gasteiger partial charge in [0.2, 0.25) is 0 Å². The van der Waals surface area contributed by atoms with Crippen molar-refractivity contribution in [2.45, 2.75) is 25.5 Å². The van der Waals surface area contributed by atoms with Crippen LogP contribution in [0.15, 0.2) is 29.9 Å². The summed E-state index contributed by atoms with van der Waals surface area (Å²) in [5.41, 5.74) is 1.22. The summed E-state index contributed by atoms with van der Waals surface area (Å²) in [7, 11) is 0. The van der Waals surface area contributed by atoms with Crippen LogP contribution in [0.4, 0.5) is 0 Å². The van der Waals surface area contributed by atoms with Gasteiger partial charge in [-0.2, -0.15) is 0 Å². The molecule has 2 rings (SSSR count). The van der Waals surface area contributed by atoms with Gasteiger partial charge in [0, 0.05) is 31.2 Å². The van der Waals surface area contributed by atoms with Crippen molar-refractivity contribution in [1.29, 1.82) is 0 Å². The zero-order valence-corrected chi connectivity index (χ0v) is 12.4. The zero-order chi connectivity index (χ0) is 14.4. The predicted molar refractivity (Wildman–Crippen MR) is 77.7 cm³/mol. The Morgan fingerprint density at radius 3 is 3.00 bits per heavy atom. The SMILES string of the molecule is CCSc1nc(C)cc(C(=O)NCCn2ccnc2)n1. The van der Waals surface area contributed by atoms with E-state index in [2.05, 4.69) is 20.3 Å². The Balaban J connectivity index is 1.94. The van der Waals surface area contributed by atoms with Crippen molar-refractivity contribution in [3.8, 4) is 0 Å². The summed E-state index contributed by atoms with van der Waals surface area (Å²) < 4.78 is 1.91. The number of hydrogen-bond donors (Lipinski definition) is 1. The van der Waals surface area contributed by atoms with Crippen LogP contribution in [-0.2, 0) is 6.54 Å². The first-order valence-electron chi connectivity index (χ1n) is 6.41. The van der Waals surface area contributed by atoms with Crippen LogP contribution in [0.1, 0.15) is 23.1 Å². The molecule has 0 bridgehead atoms. The van der Waals surface area contributed by atoms with Crippen molar-refractivity contribution in [1.82, 2.24) is 24.8 Å². The first kappa shape index (κ1) is 14.5. The van der Waals surface area contributed by atoms with Gasteiger partial charge in [-0.1, -0.05) is 18.7 Å². The molecule has 106 valence electrons. The van der Waals surface area contributed by atoms with E-state index in [0.29, 0.717) is 23.9 Å². The number of hydrogen-bond acceptors (Lipinski definition) is 5. The van der Waals surface area contributed by atoms with E-state index >= 15 is 0 Å². The molecular formula is C13H17N5OS. The maximum atomic E-state index is 12.0. The number of nitrogens with zero attached hydrogens (tertiary/aromatic N) is 4. The molecule has 0 spiro atoms. The van der Waals surface area contributed by atoms with Gasteiger partial charge in [0.05, 0.1) is 6.33 Å². The number of aryl methyl sites for hydroxylation is 1. The van der Waals surface area contributed by atoms with Crippen LogP contribution >= 0.6 is 11.8 Å². The van der Waals surface area contributed by atoms with Crippen LogP contribution in [0, 0.1) is 6.92 Å². The summed E-state index contributed by atoms with van der Waals surface area (Å²) in [6, 6.07) is 1.70. The fraction of sp³-hybridized carbons (Fsp3) is 0.385. The van der Waals surface area contributed by atoms with E-state index in [1.54, 1.807) is 18.6 Å². The summed E-state index contributed by atoms with van der Waals surface area (Å²) in [5.74, 6) is 0.707. The van der Waals surface area contributed by atoms with Gasteiger partial charge in [-0.05, 0) is 18.7 Å². The number of amides is 1. The minimum absolute atomic E-state index is 0.173. The van der Waals surface area contributed by atoms with E-state index in [1.165, 1.54) is 11.8 Å². The molecule has 6 nitrogen and oxygen atoms in total. The quantitative estimate of drug-likeness (QED) is 0.645. The van der Waals surface area contributed by atoms with Gasteiger partial charge in [-0.15, -0.1) is 0 Å². The van der Waals surface area contributed by atoms with E-state index < -0.39 is 0 Å². The van der Waals surface area contributed by atoms with Crippen molar-refractivity contribution in [2.75, 3.05) is 12.3 Å². The van der Waals surface area contributed by atoms with Crippen LogP contribution in [0.5, 0.6) is 0 Å². The molecule has 0 radical (unpaired) electrons. The first-order chi connectivity index (χ1) is 9.69. The minimum Gasteiger partial charge on any atom is -0.349 e. The molecular weight excluding hydrogens is 274 g/mol. The number of imidazole rings is 1. The number of thioether (sulfide) groups is 1. The topological polar surface area (TPSA) is 72.7 Å². The van der Waals surface area contributed by atoms with Crippen molar-refractivity contribution >= 4 is 17.7 Å². The molecule has 0 atom stereocenters. The molecule has 1 N–H and O–H groups in total. The Bertz CT molecular complexity index is 570. The van der Waals surface area contributed by atoms with Gasteiger partial charge in [0.1, 0.15) is 5.69 Å². The molecule has 0 saturated carbocycles. The van der Waals surface area contributed by atoms with Crippen molar-refractivity contribution in [3.05, 3.63) is 36.2 Å². The van der Waals surface area contributed by atoms with E-state index in [0.717, 1.165) is 11.4 Å². The largest absolute Gasteiger partial charge is 0.349 e. The number of aromatic nitrogens is 4. The highest BCUT2D eigenvalue weighted by Gasteiger charge is 2.10. The van der Waals surface area contributed by atoms with Crippen molar-refractivity contribution in [2.24, 2.45) is 0 Å². The summed E-state index contributed by atoms with van der Waals surface area (Å²) >= 11 is 1.53. The van der Waals surface area contributed by atoms with Crippen molar-refractivity contribution in [3.63, 3.8) is 0 Å². The Morgan fingerprint density at radius 1 is 1.45 bits per heavy atom. The molecule has 2 heterocycles. The Morgan fingerprint density at radius 2 is 2.30 bits per heavy atom. The highest BCUT2D eigenvalue weighted by Crippen LogP contribution is 2.13. The smallest absolute Gasteiger partial charge is 0.270 e. The number of carbonyl (C=O) groups excluding carboxylic acids is 1. The molecule has 0 aromatic carbocycles. The lowest BCUT2D eigenvalue weighted by Gasteiger charge is -2.07. The molecule has 7 heteroatoms. The average Bonchev–Trinajstić information content (AvgIpc) is 2.91. The van der Waals surface area contributed by atoms with Crippen LogP contribution in [-0.4, -0.2) is 37.7 Å². The third-order valence-electron chi connectivity index (χ3n) is 2.55. The predicted octanol–water partition coefficient (Wildman–Crippen LogP) is 1.52. The molecule has 0 saturated heterocycles. The second kappa shape index (κ2) is 7.04. The number of carbonyl (C=O) groups is 1. The third kappa shape index (κ3) is 4.06. The monoisotopic (exact) mass is 291 g/mol. The van der Waals surface area contributed by atoms with E-state index in [4.69, 9.17) is 0 Å². The summed E-state index contributed by atoms with van der Waals surface area (Å²) in [6.45, 7) is 5.12. The molecule has 20 heavy (non-hydrogen) atoms. The fourth-order valence-electron chi connectivity index (χ4n) is 1.66. The normalized spacial score (nSPS) is 10.5. The minimum atomic E-state index is -0.173. The van der Waals surface area contributed by atoms with Crippen LogP contribution in [0.25, 0.3) is 0 Å². The van der Waals surface area contributed by atoms with Gasteiger partial charge in [0.15, 0.2) is 5.16 Å². The average molecular weight is 291 g/mol. The van der Waals surface area contributed by atoms with Crippen LogP contribution in [0.3, 0.4) is 0 Å². The maximum Gasteiger partial charge on any atom is 0.270 e. The van der Waals surface area contributed by atoms with E-state index in [-0.39, 0.29) is 5.91 Å². The highest BCUT2D eigenvalue weighted by atomic mass is 32.2. The van der Waals surface area contributed by atoms with E-state index in [9.17, 15) is 4.79 Å². The molecule has 2 aromatic heterocycles. The van der Waals surface area contributed by atoms with Gasteiger partial charge < -0.3 is 9.88 Å². The Kier molecular flexibility index (Phi) is 5.11.